The molecule has 0 spiro atoms. The summed E-state index contributed by atoms with van der Waals surface area (Å²) in [5.41, 5.74) is 0. The molecule has 0 saturated carbocycles. The van der Waals surface area contributed by atoms with Crippen molar-refractivity contribution >= 4 is 39.5 Å². The van der Waals surface area contributed by atoms with Gasteiger partial charge in [0.1, 0.15) is 19.3 Å². The zero-order valence-electron chi connectivity index (χ0n) is 71.2. The highest BCUT2D eigenvalue weighted by Crippen LogP contribution is 2.45. The minimum Gasteiger partial charge on any atom is -0.462 e. The van der Waals surface area contributed by atoms with Crippen LogP contribution in [-0.2, 0) is 65.4 Å². The van der Waals surface area contributed by atoms with Gasteiger partial charge in [-0.15, -0.1) is 0 Å². The Kier molecular flexibility index (Phi) is 78.8. The van der Waals surface area contributed by atoms with Gasteiger partial charge in [0.2, 0.25) is 0 Å². The highest BCUT2D eigenvalue weighted by Gasteiger charge is 2.31. The highest BCUT2D eigenvalue weighted by molar-refractivity contribution is 7.47. The summed E-state index contributed by atoms with van der Waals surface area (Å²) >= 11 is 0. The first-order chi connectivity index (χ1) is 52.4. The van der Waals surface area contributed by atoms with E-state index in [4.69, 9.17) is 37.0 Å². The smallest absolute Gasteiger partial charge is 0.462 e. The van der Waals surface area contributed by atoms with E-state index in [1.165, 1.54) is 289 Å². The number of phosphoric ester groups is 2. The molecule has 0 bridgehead atoms. The Morgan fingerprint density at radius 2 is 0.426 bits per heavy atom. The van der Waals surface area contributed by atoms with Crippen molar-refractivity contribution in [3.8, 4) is 0 Å². The number of phosphoric acid groups is 2. The van der Waals surface area contributed by atoms with Gasteiger partial charge in [-0.2, -0.15) is 0 Å². The average molecular weight is 1580 g/mol. The number of aliphatic hydroxyl groups is 1. The fourth-order valence-electron chi connectivity index (χ4n) is 14.0. The Morgan fingerprint density at radius 1 is 0.250 bits per heavy atom. The van der Waals surface area contributed by atoms with Gasteiger partial charge in [0, 0.05) is 25.7 Å². The van der Waals surface area contributed by atoms with E-state index in [0.29, 0.717) is 31.6 Å². The standard InChI is InChI=1S/C89H174O17P2/c1-7-9-11-13-15-17-19-21-23-25-27-29-31-36-40-44-48-52-59-65-71-86(91)99-77-84(105-88(93)73-67-61-53-49-45-41-37-32-30-28-26-24-22-20-18-16-14-12-10-8-2)79-103-107(95,96)101-75-83(90)76-102-108(97,98)104-80-85(78-100-87(92)72-66-60-56-55-58-64-70-82(5)6)106-89(94)74-68-62-54-50-46-42-38-34-33-35-39-43-47-51-57-63-69-81(3)4/h81-85,90H,7-80H2,1-6H3,(H,95,96)(H,97,98)/t83-,84-,85-/m1/s1. The van der Waals surface area contributed by atoms with Crippen molar-refractivity contribution < 1.29 is 80.2 Å². The van der Waals surface area contributed by atoms with Crippen molar-refractivity contribution in [2.75, 3.05) is 39.6 Å². The Balaban J connectivity index is 5.20. The van der Waals surface area contributed by atoms with E-state index in [1.54, 1.807) is 0 Å². The first-order valence-electron chi connectivity index (χ1n) is 46.0. The van der Waals surface area contributed by atoms with Crippen molar-refractivity contribution in [1.29, 1.82) is 0 Å². The van der Waals surface area contributed by atoms with Crippen LogP contribution in [0.4, 0.5) is 0 Å². The summed E-state index contributed by atoms with van der Waals surface area (Å²) in [6.45, 7) is 9.63. The Labute approximate surface area is 664 Å². The van der Waals surface area contributed by atoms with Crippen LogP contribution in [0.3, 0.4) is 0 Å². The second kappa shape index (κ2) is 80.3. The Hall–Kier alpha value is -1.94. The lowest BCUT2D eigenvalue weighted by atomic mass is 10.0. The van der Waals surface area contributed by atoms with E-state index < -0.39 is 97.5 Å². The fourth-order valence-corrected chi connectivity index (χ4v) is 15.5. The quantitative estimate of drug-likeness (QED) is 0.0222. The van der Waals surface area contributed by atoms with E-state index >= 15 is 0 Å². The van der Waals surface area contributed by atoms with Crippen LogP contribution in [0.2, 0.25) is 0 Å². The van der Waals surface area contributed by atoms with Crippen molar-refractivity contribution in [2.24, 2.45) is 11.8 Å². The van der Waals surface area contributed by atoms with Crippen LogP contribution < -0.4 is 0 Å². The molecule has 2 unspecified atom stereocenters. The first-order valence-corrected chi connectivity index (χ1v) is 49.0. The summed E-state index contributed by atoms with van der Waals surface area (Å²) in [6, 6.07) is 0. The molecule has 0 aromatic heterocycles. The third kappa shape index (κ3) is 82.1. The summed E-state index contributed by atoms with van der Waals surface area (Å²) in [5.74, 6) is -0.613. The zero-order chi connectivity index (χ0) is 79.2. The van der Waals surface area contributed by atoms with Gasteiger partial charge < -0.3 is 33.8 Å². The summed E-state index contributed by atoms with van der Waals surface area (Å²) in [6.07, 6.45) is 74.0. The average Bonchev–Trinajstić information content (AvgIpc) is 0.901. The van der Waals surface area contributed by atoms with Gasteiger partial charge in [0.25, 0.3) is 0 Å². The lowest BCUT2D eigenvalue weighted by Crippen LogP contribution is -2.30. The number of rotatable bonds is 88. The SMILES string of the molecule is CCCCCCCCCCCCCCCCCCCCCCC(=O)OC[C@H](COP(=O)(O)OC[C@@H](O)COP(=O)(O)OC[C@@H](COC(=O)CCCCCCCCC(C)C)OC(=O)CCCCCCCCCCCCCCCCCCC(C)C)OC(=O)CCCCCCCCCCCCCCCCCCCCCC. The van der Waals surface area contributed by atoms with Gasteiger partial charge in [-0.3, -0.25) is 37.3 Å². The topological polar surface area (TPSA) is 237 Å². The number of hydrogen-bond acceptors (Lipinski definition) is 15. The second-order valence-corrected chi connectivity index (χ2v) is 35.8. The molecule has 0 radical (unpaired) electrons. The van der Waals surface area contributed by atoms with Crippen LogP contribution in [0.15, 0.2) is 0 Å². The zero-order valence-corrected chi connectivity index (χ0v) is 73.0. The predicted molar refractivity (Wildman–Crippen MR) is 446 cm³/mol. The molecule has 3 N–H and O–H groups in total. The van der Waals surface area contributed by atoms with Gasteiger partial charge >= 0.3 is 39.5 Å². The predicted octanol–water partition coefficient (Wildman–Crippen LogP) is 27.4. The molecule has 0 aromatic rings. The molecule has 19 heteroatoms. The van der Waals surface area contributed by atoms with Crippen LogP contribution >= 0.6 is 15.6 Å². The fraction of sp³-hybridized carbons (Fsp3) is 0.955. The lowest BCUT2D eigenvalue weighted by molar-refractivity contribution is -0.161. The molecule has 0 aromatic carbocycles. The molecule has 0 aliphatic carbocycles. The van der Waals surface area contributed by atoms with Crippen LogP contribution in [0.5, 0.6) is 0 Å². The number of ether oxygens (including phenoxy) is 4. The van der Waals surface area contributed by atoms with E-state index in [2.05, 4.69) is 41.5 Å². The van der Waals surface area contributed by atoms with Gasteiger partial charge in [-0.25, -0.2) is 9.13 Å². The Morgan fingerprint density at radius 3 is 0.630 bits per heavy atom. The van der Waals surface area contributed by atoms with Crippen LogP contribution in [0.1, 0.15) is 478 Å². The number of carbonyl (C=O) groups excluding carboxylic acids is 4. The summed E-state index contributed by atoms with van der Waals surface area (Å²) in [4.78, 5) is 73.3. The Bertz CT molecular complexity index is 2060. The molecule has 0 saturated heterocycles. The maximum atomic E-state index is 13.2. The summed E-state index contributed by atoms with van der Waals surface area (Å²) in [5, 5.41) is 10.7. The third-order valence-electron chi connectivity index (χ3n) is 21.0. The molecule has 0 aliphatic rings. The first kappa shape index (κ1) is 106. The summed E-state index contributed by atoms with van der Waals surface area (Å²) in [7, 11) is -9.93. The van der Waals surface area contributed by atoms with E-state index in [-0.39, 0.29) is 25.7 Å². The van der Waals surface area contributed by atoms with Crippen molar-refractivity contribution in [3.63, 3.8) is 0 Å². The molecule has 5 atom stereocenters. The largest absolute Gasteiger partial charge is 0.472 e. The molecule has 0 amide bonds. The molecular formula is C89H174O17P2. The van der Waals surface area contributed by atoms with Gasteiger partial charge in [-0.1, -0.05) is 427 Å². The van der Waals surface area contributed by atoms with Crippen molar-refractivity contribution in [3.05, 3.63) is 0 Å². The van der Waals surface area contributed by atoms with Crippen LogP contribution in [-0.4, -0.2) is 96.7 Å². The highest BCUT2D eigenvalue weighted by atomic mass is 31.2. The van der Waals surface area contributed by atoms with Gasteiger partial charge in [0.15, 0.2) is 12.2 Å². The van der Waals surface area contributed by atoms with Gasteiger partial charge in [0.05, 0.1) is 26.4 Å². The molecule has 108 heavy (non-hydrogen) atoms. The molecular weight excluding hydrogens is 1400 g/mol. The lowest BCUT2D eigenvalue weighted by Gasteiger charge is -2.21. The maximum Gasteiger partial charge on any atom is 0.472 e. The third-order valence-corrected chi connectivity index (χ3v) is 22.9. The minimum absolute atomic E-state index is 0.107. The second-order valence-electron chi connectivity index (χ2n) is 32.9. The number of unbranched alkanes of at least 4 members (excludes halogenated alkanes) is 58. The normalized spacial score (nSPS) is 13.8. The molecule has 0 fully saturated rings. The maximum absolute atomic E-state index is 13.2. The number of aliphatic hydroxyl groups excluding tert-OH is 1. The van der Waals surface area contributed by atoms with Crippen molar-refractivity contribution in [2.45, 2.75) is 496 Å². The monoisotopic (exact) mass is 1580 g/mol. The number of esters is 4. The number of hydrogen-bond donors (Lipinski definition) is 3. The van der Waals surface area contributed by atoms with Crippen molar-refractivity contribution in [1.82, 2.24) is 0 Å². The molecule has 0 heterocycles. The molecule has 642 valence electrons. The molecule has 17 nitrogen and oxygen atoms in total. The molecule has 0 aliphatic heterocycles. The van der Waals surface area contributed by atoms with Crippen LogP contribution in [0, 0.1) is 11.8 Å². The van der Waals surface area contributed by atoms with Gasteiger partial charge in [-0.05, 0) is 37.5 Å². The minimum atomic E-state index is -4.97. The summed E-state index contributed by atoms with van der Waals surface area (Å²) < 4.78 is 68.9. The van der Waals surface area contributed by atoms with E-state index in [9.17, 15) is 43.2 Å². The number of carbonyl (C=O) groups is 4. The van der Waals surface area contributed by atoms with Crippen LogP contribution in [0.25, 0.3) is 0 Å². The van der Waals surface area contributed by atoms with E-state index in [0.717, 1.165) is 102 Å². The van der Waals surface area contributed by atoms with E-state index in [1.807, 2.05) is 0 Å². The molecule has 0 rings (SSSR count).